The summed E-state index contributed by atoms with van der Waals surface area (Å²) >= 11 is 0. The van der Waals surface area contributed by atoms with E-state index in [0.29, 0.717) is 30.0 Å². The van der Waals surface area contributed by atoms with E-state index in [1.807, 2.05) is 20.8 Å². The van der Waals surface area contributed by atoms with Crippen LogP contribution in [0.5, 0.6) is 11.5 Å². The van der Waals surface area contributed by atoms with Crippen molar-refractivity contribution in [1.82, 2.24) is 9.62 Å². The van der Waals surface area contributed by atoms with Crippen molar-refractivity contribution < 1.29 is 27.4 Å². The van der Waals surface area contributed by atoms with Crippen LogP contribution in [-0.2, 0) is 14.8 Å². The van der Waals surface area contributed by atoms with Gasteiger partial charge in [-0.3, -0.25) is 0 Å². The van der Waals surface area contributed by atoms with Crippen LogP contribution in [0.15, 0.2) is 17.0 Å². The van der Waals surface area contributed by atoms with Gasteiger partial charge in [0.1, 0.15) is 5.60 Å². The number of hydrogen-bond acceptors (Lipinski definition) is 6. The van der Waals surface area contributed by atoms with Gasteiger partial charge < -0.3 is 19.1 Å². The lowest BCUT2D eigenvalue weighted by molar-refractivity contribution is 0.0232. The van der Waals surface area contributed by atoms with Gasteiger partial charge in [-0.1, -0.05) is 0 Å². The number of amides is 1. The van der Waals surface area contributed by atoms with Gasteiger partial charge in [0.15, 0.2) is 11.5 Å². The van der Waals surface area contributed by atoms with Gasteiger partial charge in [0.2, 0.25) is 10.0 Å². The maximum absolute atomic E-state index is 12.7. The summed E-state index contributed by atoms with van der Waals surface area (Å²) in [5.41, 5.74) is 0.0000390. The molecule has 1 N–H and O–H groups in total. The molecular weight excluding hydrogens is 396 g/mol. The van der Waals surface area contributed by atoms with Gasteiger partial charge in [0.25, 0.3) is 0 Å². The molecule has 0 unspecified atom stereocenters. The van der Waals surface area contributed by atoms with Gasteiger partial charge in [0, 0.05) is 25.2 Å². The third-order valence-electron chi connectivity index (χ3n) is 4.45. The van der Waals surface area contributed by atoms with Crippen molar-refractivity contribution in [3.8, 4) is 11.5 Å². The lowest BCUT2D eigenvalue weighted by Crippen LogP contribution is -2.39. The molecule has 0 radical (unpaired) electrons. The summed E-state index contributed by atoms with van der Waals surface area (Å²) in [5.74, 6) is 0.824. The van der Waals surface area contributed by atoms with E-state index in [9.17, 15) is 13.2 Å². The standard InChI is InChI=1S/C20H32N2O6S/c1-14-12-16(26-5)17(27-6)13-18(14)29(24,25)21-10-7-11-22(15-8-9-15)19(23)28-20(2,3)4/h12-13,15,21H,7-11H2,1-6H3. The molecular formula is C20H32N2O6S. The first-order valence-electron chi connectivity index (χ1n) is 9.70. The van der Waals surface area contributed by atoms with E-state index >= 15 is 0 Å². The number of benzene rings is 1. The van der Waals surface area contributed by atoms with E-state index in [1.54, 1.807) is 17.9 Å². The molecule has 0 saturated heterocycles. The highest BCUT2D eigenvalue weighted by Gasteiger charge is 2.34. The second-order valence-electron chi connectivity index (χ2n) is 8.13. The zero-order valence-electron chi connectivity index (χ0n) is 18.1. The molecule has 1 amide bonds. The van der Waals surface area contributed by atoms with Crippen molar-refractivity contribution in [3.05, 3.63) is 17.7 Å². The van der Waals surface area contributed by atoms with Crippen molar-refractivity contribution in [1.29, 1.82) is 0 Å². The first-order chi connectivity index (χ1) is 13.5. The number of sulfonamides is 1. The average Bonchev–Trinajstić information content (AvgIpc) is 3.44. The minimum atomic E-state index is -3.72. The summed E-state index contributed by atoms with van der Waals surface area (Å²) in [5, 5.41) is 0. The zero-order valence-corrected chi connectivity index (χ0v) is 18.9. The highest BCUT2D eigenvalue weighted by atomic mass is 32.2. The van der Waals surface area contributed by atoms with Crippen LogP contribution < -0.4 is 14.2 Å². The van der Waals surface area contributed by atoms with Gasteiger partial charge >= 0.3 is 6.09 Å². The third kappa shape index (κ3) is 6.50. The van der Waals surface area contributed by atoms with E-state index in [0.717, 1.165) is 12.8 Å². The van der Waals surface area contributed by atoms with E-state index in [2.05, 4.69) is 4.72 Å². The molecule has 0 atom stereocenters. The zero-order chi connectivity index (χ0) is 21.8. The summed E-state index contributed by atoms with van der Waals surface area (Å²) in [6, 6.07) is 3.27. The Morgan fingerprint density at radius 2 is 1.76 bits per heavy atom. The van der Waals surface area contributed by atoms with Gasteiger partial charge in [-0.05, 0) is 58.6 Å². The predicted octanol–water partition coefficient (Wildman–Crippen LogP) is 3.08. The Hall–Kier alpha value is -2.00. The van der Waals surface area contributed by atoms with Crippen LogP contribution in [0.1, 0.15) is 45.6 Å². The van der Waals surface area contributed by atoms with Crippen LogP contribution >= 0.6 is 0 Å². The fraction of sp³-hybridized carbons (Fsp3) is 0.650. The number of aryl methyl sites for hydroxylation is 1. The third-order valence-corrected chi connectivity index (χ3v) is 6.06. The van der Waals surface area contributed by atoms with Crippen LogP contribution in [-0.4, -0.2) is 58.4 Å². The molecule has 0 bridgehead atoms. The second kappa shape index (κ2) is 9.21. The Bertz CT molecular complexity index is 828. The minimum Gasteiger partial charge on any atom is -0.493 e. The number of hydrogen-bond donors (Lipinski definition) is 1. The maximum Gasteiger partial charge on any atom is 0.410 e. The Morgan fingerprint density at radius 1 is 1.17 bits per heavy atom. The molecule has 8 nitrogen and oxygen atoms in total. The molecule has 1 aromatic rings. The van der Waals surface area contributed by atoms with Crippen LogP contribution in [0.4, 0.5) is 4.79 Å². The smallest absolute Gasteiger partial charge is 0.410 e. The second-order valence-corrected chi connectivity index (χ2v) is 9.86. The summed E-state index contributed by atoms with van der Waals surface area (Å²) in [7, 11) is -0.762. The molecule has 0 heterocycles. The number of methoxy groups -OCH3 is 2. The Balaban J connectivity index is 1.98. The maximum atomic E-state index is 12.7. The van der Waals surface area contributed by atoms with Gasteiger partial charge in [-0.15, -0.1) is 0 Å². The quantitative estimate of drug-likeness (QED) is 0.608. The van der Waals surface area contributed by atoms with Crippen LogP contribution in [0.3, 0.4) is 0 Å². The Morgan fingerprint density at radius 3 is 2.28 bits per heavy atom. The average molecular weight is 429 g/mol. The number of nitrogens with zero attached hydrogens (tertiary/aromatic N) is 1. The molecule has 9 heteroatoms. The summed E-state index contributed by atoms with van der Waals surface area (Å²) in [6.45, 7) is 7.84. The molecule has 1 aliphatic rings. The lowest BCUT2D eigenvalue weighted by Gasteiger charge is -2.27. The first-order valence-corrected chi connectivity index (χ1v) is 11.2. The lowest BCUT2D eigenvalue weighted by atomic mass is 10.2. The molecule has 164 valence electrons. The highest BCUT2D eigenvalue weighted by molar-refractivity contribution is 7.89. The number of ether oxygens (including phenoxy) is 3. The molecule has 0 aromatic heterocycles. The number of nitrogens with one attached hydrogen (secondary N) is 1. The molecule has 1 aliphatic carbocycles. The minimum absolute atomic E-state index is 0.140. The molecule has 1 aromatic carbocycles. The molecule has 1 fully saturated rings. The topological polar surface area (TPSA) is 94.2 Å². The monoisotopic (exact) mass is 428 g/mol. The summed E-state index contributed by atoms with van der Waals surface area (Å²) in [6.07, 6.45) is 2.05. The van der Waals surface area contributed by atoms with Crippen molar-refractivity contribution in [2.45, 2.75) is 63.5 Å². The van der Waals surface area contributed by atoms with Crippen molar-refractivity contribution in [2.24, 2.45) is 0 Å². The van der Waals surface area contributed by atoms with Crippen LogP contribution in [0, 0.1) is 6.92 Å². The Labute approximate surface area is 173 Å². The van der Waals surface area contributed by atoms with Crippen LogP contribution in [0.2, 0.25) is 0 Å². The van der Waals surface area contributed by atoms with E-state index < -0.39 is 15.6 Å². The fourth-order valence-corrected chi connectivity index (χ4v) is 4.23. The Kier molecular flexibility index (Phi) is 7.40. The normalized spacial score (nSPS) is 14.4. The van der Waals surface area contributed by atoms with E-state index in [1.165, 1.54) is 20.3 Å². The largest absolute Gasteiger partial charge is 0.493 e. The SMILES string of the molecule is COc1cc(C)c(S(=O)(=O)NCCCN(C(=O)OC(C)(C)C)C2CC2)cc1OC. The molecule has 2 rings (SSSR count). The van der Waals surface area contributed by atoms with E-state index in [-0.39, 0.29) is 23.6 Å². The van der Waals surface area contributed by atoms with Gasteiger partial charge in [-0.2, -0.15) is 0 Å². The summed E-state index contributed by atoms with van der Waals surface area (Å²) < 4.78 is 43.9. The van der Waals surface area contributed by atoms with E-state index in [4.69, 9.17) is 14.2 Å². The molecule has 1 saturated carbocycles. The van der Waals surface area contributed by atoms with Gasteiger partial charge in [0.05, 0.1) is 19.1 Å². The van der Waals surface area contributed by atoms with Crippen molar-refractivity contribution >= 4 is 16.1 Å². The first kappa shape index (κ1) is 23.3. The predicted molar refractivity (Wildman–Crippen MR) is 110 cm³/mol. The van der Waals surface area contributed by atoms with Gasteiger partial charge in [-0.25, -0.2) is 17.9 Å². The summed E-state index contributed by atoms with van der Waals surface area (Å²) in [4.78, 5) is 14.2. The number of carbonyl (C=O) groups excluding carboxylic acids is 1. The molecule has 0 aliphatic heterocycles. The number of carbonyl (C=O) groups is 1. The number of rotatable bonds is 9. The fourth-order valence-electron chi connectivity index (χ4n) is 2.91. The van der Waals surface area contributed by atoms with Crippen molar-refractivity contribution in [2.75, 3.05) is 27.3 Å². The van der Waals surface area contributed by atoms with Crippen molar-refractivity contribution in [3.63, 3.8) is 0 Å². The van der Waals surface area contributed by atoms with Crippen LogP contribution in [0.25, 0.3) is 0 Å². The molecule has 0 spiro atoms. The highest BCUT2D eigenvalue weighted by Crippen LogP contribution is 2.32. The molecule has 29 heavy (non-hydrogen) atoms.